The predicted octanol–water partition coefficient (Wildman–Crippen LogP) is 4.15. The summed E-state index contributed by atoms with van der Waals surface area (Å²) >= 11 is 0. The van der Waals surface area contributed by atoms with Crippen LogP contribution in [0.2, 0.25) is 0 Å². The number of nitrogens with zero attached hydrogens (tertiary/aromatic N) is 1. The van der Waals surface area contributed by atoms with Crippen LogP contribution in [0.5, 0.6) is 17.2 Å². The van der Waals surface area contributed by atoms with Crippen molar-refractivity contribution in [1.29, 1.82) is 0 Å². The Morgan fingerprint density at radius 3 is 1.69 bits per heavy atom. The van der Waals surface area contributed by atoms with Gasteiger partial charge < -0.3 is 62.2 Å². The van der Waals surface area contributed by atoms with E-state index in [-0.39, 0.29) is 52.1 Å². The third-order valence-corrected chi connectivity index (χ3v) is 9.75. The van der Waals surface area contributed by atoms with Gasteiger partial charge in [0.2, 0.25) is 0 Å². The summed E-state index contributed by atoms with van der Waals surface area (Å²) < 4.78 is 97.0. The van der Waals surface area contributed by atoms with E-state index in [1.165, 1.54) is 60.3 Å². The Hall–Kier alpha value is -4.44. The smallest absolute Gasteiger partial charge is 0.274 e. The van der Waals surface area contributed by atoms with Gasteiger partial charge in [0.15, 0.2) is 21.4 Å². The van der Waals surface area contributed by atoms with Crippen molar-refractivity contribution in [2.45, 2.75) is 18.7 Å². The number of aryl methyl sites for hydroxylation is 1. The van der Waals surface area contributed by atoms with Crippen LogP contribution >= 0.6 is 0 Å². The van der Waals surface area contributed by atoms with Crippen molar-refractivity contribution in [3.63, 3.8) is 0 Å². The molecule has 17 nitrogen and oxygen atoms in total. The number of sulfone groups is 1. The van der Waals surface area contributed by atoms with Gasteiger partial charge in [-0.3, -0.25) is 9.59 Å². The summed E-state index contributed by atoms with van der Waals surface area (Å²) in [5.41, 5.74) is 0.513. The van der Waals surface area contributed by atoms with Crippen LogP contribution in [0, 0.1) is 5.82 Å². The summed E-state index contributed by atoms with van der Waals surface area (Å²) in [6, 6.07) is 9.75. The lowest BCUT2D eigenvalue weighted by atomic mass is 10.0. The monoisotopic (exact) mass is 879 g/mol. The van der Waals surface area contributed by atoms with Crippen LogP contribution in [0.1, 0.15) is 24.3 Å². The van der Waals surface area contributed by atoms with Crippen LogP contribution in [0.25, 0.3) is 22.0 Å². The lowest BCUT2D eigenvalue weighted by molar-refractivity contribution is -0.0234. The van der Waals surface area contributed by atoms with Crippen molar-refractivity contribution in [3.8, 4) is 28.4 Å². The molecular weight excluding hydrogens is 822 g/mol. The molecular formula is C42H58FN3O14S. The van der Waals surface area contributed by atoms with E-state index in [2.05, 4.69) is 10.3 Å². The van der Waals surface area contributed by atoms with E-state index in [0.717, 1.165) is 6.26 Å². The highest BCUT2D eigenvalue weighted by molar-refractivity contribution is 7.90. The summed E-state index contributed by atoms with van der Waals surface area (Å²) in [6.45, 7) is 11.7. The number of rotatable bonds is 32. The number of carbonyl (C=O) groups excluding carboxylic acids is 1. The standard InChI is InChI=1S/C42H58FN3O14S/c1-5-44-41(47)37-29-34-35(30-46(3)42(48)40(34)45-37)33-28-32(61(4,49)50)8-10-38(33)60-39-9-7-31(27-36(39)43)59-26-25-58-24-23-57-22-21-56-20-19-55-18-17-54-16-15-53-14-13-52-12-11-51-6-2/h7-10,27-30,45H,5-6,11-26H2,1-4H3,(H,44,47). The Morgan fingerprint density at radius 1 is 0.689 bits per heavy atom. The number of pyridine rings is 1. The number of carbonyl (C=O) groups is 1. The molecule has 0 saturated heterocycles. The Bertz CT molecular complexity index is 2110. The topological polar surface area (TPSA) is 193 Å². The van der Waals surface area contributed by atoms with Gasteiger partial charge in [0.25, 0.3) is 11.5 Å². The molecule has 61 heavy (non-hydrogen) atoms. The number of hydrogen-bond acceptors (Lipinski definition) is 14. The molecule has 1 amide bonds. The normalized spacial score (nSPS) is 11.7. The number of aromatic nitrogens is 2. The van der Waals surface area contributed by atoms with Gasteiger partial charge in [-0.1, -0.05) is 0 Å². The van der Waals surface area contributed by atoms with Crippen LogP contribution in [-0.2, 0) is 54.8 Å². The third kappa shape index (κ3) is 16.7. The molecule has 0 atom stereocenters. The first-order chi connectivity index (χ1) is 29.5. The van der Waals surface area contributed by atoms with Crippen molar-refractivity contribution in [2.75, 3.05) is 125 Å². The van der Waals surface area contributed by atoms with Gasteiger partial charge >= 0.3 is 0 Å². The maximum absolute atomic E-state index is 15.4. The van der Waals surface area contributed by atoms with Gasteiger partial charge in [-0.15, -0.1) is 0 Å². The Labute approximate surface area is 355 Å². The van der Waals surface area contributed by atoms with Crippen LogP contribution in [-0.4, -0.2) is 149 Å². The van der Waals surface area contributed by atoms with Gasteiger partial charge in [-0.05, 0) is 50.2 Å². The minimum Gasteiger partial charge on any atom is -0.491 e. The maximum Gasteiger partial charge on any atom is 0.274 e. The van der Waals surface area contributed by atoms with Crippen LogP contribution in [0.15, 0.2) is 58.4 Å². The Balaban J connectivity index is 1.13. The van der Waals surface area contributed by atoms with E-state index in [1.807, 2.05) is 6.92 Å². The average molecular weight is 880 g/mol. The minimum atomic E-state index is -3.68. The van der Waals surface area contributed by atoms with Gasteiger partial charge in [-0.2, -0.15) is 0 Å². The van der Waals surface area contributed by atoms with Crippen molar-refractivity contribution in [3.05, 3.63) is 70.5 Å². The highest BCUT2D eigenvalue weighted by atomic mass is 32.2. The first-order valence-corrected chi connectivity index (χ1v) is 22.0. The summed E-state index contributed by atoms with van der Waals surface area (Å²) in [4.78, 5) is 28.5. The zero-order valence-electron chi connectivity index (χ0n) is 35.3. The first kappa shape index (κ1) is 49.2. The molecule has 0 unspecified atom stereocenters. The number of ether oxygens (including phenoxy) is 10. The fraction of sp³-hybridized carbons (Fsp3) is 0.524. The zero-order valence-corrected chi connectivity index (χ0v) is 36.1. The van der Waals surface area contributed by atoms with Gasteiger partial charge in [0.05, 0.1) is 104 Å². The van der Waals surface area contributed by atoms with E-state index in [9.17, 15) is 18.0 Å². The van der Waals surface area contributed by atoms with Crippen LogP contribution in [0.3, 0.4) is 0 Å². The largest absolute Gasteiger partial charge is 0.491 e. The molecule has 0 aliphatic rings. The molecule has 2 N–H and O–H groups in total. The molecule has 2 aromatic heterocycles. The Morgan fingerprint density at radius 2 is 1.20 bits per heavy atom. The molecule has 338 valence electrons. The average Bonchev–Trinajstić information content (AvgIpc) is 3.69. The van der Waals surface area contributed by atoms with E-state index < -0.39 is 27.1 Å². The highest BCUT2D eigenvalue weighted by Crippen LogP contribution is 2.39. The number of hydrogen-bond donors (Lipinski definition) is 2. The Kier molecular flexibility index (Phi) is 21.6. The van der Waals surface area contributed by atoms with Crippen molar-refractivity contribution >= 4 is 26.6 Å². The lowest BCUT2D eigenvalue weighted by Crippen LogP contribution is -2.23. The highest BCUT2D eigenvalue weighted by Gasteiger charge is 2.21. The van der Waals surface area contributed by atoms with Gasteiger partial charge in [0, 0.05) is 55.2 Å². The molecule has 0 bridgehead atoms. The fourth-order valence-corrected chi connectivity index (χ4v) is 6.29. The summed E-state index contributed by atoms with van der Waals surface area (Å²) in [5, 5.41) is 3.04. The maximum atomic E-state index is 15.4. The van der Waals surface area contributed by atoms with Crippen LogP contribution < -0.4 is 20.3 Å². The molecule has 0 radical (unpaired) electrons. The molecule has 4 aromatic rings. The van der Waals surface area contributed by atoms with E-state index >= 15 is 4.39 Å². The molecule has 0 fully saturated rings. The second-order valence-corrected chi connectivity index (χ2v) is 15.3. The van der Waals surface area contributed by atoms with Crippen molar-refractivity contribution in [2.24, 2.45) is 7.05 Å². The second kappa shape index (κ2) is 26.8. The first-order valence-electron chi connectivity index (χ1n) is 20.1. The third-order valence-electron chi connectivity index (χ3n) is 8.64. The summed E-state index contributed by atoms with van der Waals surface area (Å²) in [7, 11) is -2.15. The molecule has 0 aliphatic heterocycles. The van der Waals surface area contributed by atoms with Gasteiger partial charge in [0.1, 0.15) is 29.3 Å². The molecule has 4 rings (SSSR count). The number of amides is 1. The SMILES string of the molecule is CCNC(=O)c1cc2c(-c3cc(S(C)(=O)=O)ccc3Oc3ccc(OCCOCCOCCOCCOCCOCCOCCOCCOCC)cc3F)cn(C)c(=O)c2[nH]1. The molecule has 0 aliphatic carbocycles. The number of fused-ring (bicyclic) bond motifs is 1. The van der Waals surface area contributed by atoms with Crippen LogP contribution in [0.4, 0.5) is 4.39 Å². The summed E-state index contributed by atoms with van der Waals surface area (Å²) in [5.74, 6) is -0.954. The molecule has 2 aromatic carbocycles. The molecule has 19 heteroatoms. The second-order valence-electron chi connectivity index (χ2n) is 13.2. The fourth-order valence-electron chi connectivity index (χ4n) is 5.64. The zero-order chi connectivity index (χ0) is 43.9. The number of nitrogens with one attached hydrogen (secondary N) is 2. The predicted molar refractivity (Wildman–Crippen MR) is 224 cm³/mol. The number of halogens is 1. The van der Waals surface area contributed by atoms with E-state index in [4.69, 9.17) is 47.4 Å². The molecule has 2 heterocycles. The quantitative estimate of drug-likeness (QED) is 0.0665. The molecule has 0 saturated carbocycles. The van der Waals surface area contributed by atoms with E-state index in [1.54, 1.807) is 6.92 Å². The van der Waals surface area contributed by atoms with Crippen molar-refractivity contribution in [1.82, 2.24) is 14.9 Å². The number of benzene rings is 2. The van der Waals surface area contributed by atoms with Gasteiger partial charge in [-0.25, -0.2) is 12.8 Å². The minimum absolute atomic E-state index is 0.0238. The number of H-pyrrole nitrogens is 1. The number of aromatic amines is 1. The lowest BCUT2D eigenvalue weighted by Gasteiger charge is -2.15. The molecule has 0 spiro atoms. The summed E-state index contributed by atoms with van der Waals surface area (Å²) in [6.07, 6.45) is 2.57. The van der Waals surface area contributed by atoms with E-state index in [0.29, 0.717) is 117 Å². The van der Waals surface area contributed by atoms with Crippen molar-refractivity contribution < 1.29 is 65.0 Å².